The Hall–Kier alpha value is -0.970. The van der Waals surface area contributed by atoms with Gasteiger partial charge in [-0.05, 0) is 42.7 Å². The molecule has 0 saturated carbocycles. The maximum atomic E-state index is 5.65. The molecule has 1 atom stereocenters. The molecule has 0 radical (unpaired) electrons. The number of nitrogens with two attached hydrogens (primary N) is 1. The van der Waals surface area contributed by atoms with Gasteiger partial charge in [-0.25, -0.2) is 5.84 Å². The Morgan fingerprint density at radius 2 is 1.90 bits per heavy atom. The molecule has 1 unspecified atom stereocenters. The lowest BCUT2D eigenvalue weighted by Gasteiger charge is -2.12. The van der Waals surface area contributed by atoms with Crippen LogP contribution in [-0.2, 0) is 6.42 Å². The van der Waals surface area contributed by atoms with E-state index in [9.17, 15) is 0 Å². The Bertz CT molecular complexity index is 419. The van der Waals surface area contributed by atoms with E-state index in [1.54, 1.807) is 16.5 Å². The van der Waals surface area contributed by atoms with Crippen molar-refractivity contribution in [2.75, 3.05) is 0 Å². The van der Waals surface area contributed by atoms with Gasteiger partial charge in [-0.2, -0.15) is 0 Å². The van der Waals surface area contributed by atoms with Crippen molar-refractivity contribution < 1.29 is 0 Å². The van der Waals surface area contributed by atoms with Crippen molar-refractivity contribution in [2.24, 2.45) is 11.8 Å². The van der Waals surface area contributed by atoms with E-state index in [4.69, 9.17) is 5.84 Å². The molecule has 110 valence electrons. The summed E-state index contributed by atoms with van der Waals surface area (Å²) in [5.41, 5.74) is 4.45. The van der Waals surface area contributed by atoms with Gasteiger partial charge < -0.3 is 5.43 Å². The van der Waals surface area contributed by atoms with Crippen LogP contribution in [0.3, 0.4) is 0 Å². The molecule has 1 heterocycles. The molecular weight excluding hydrogens is 266 g/mol. The number of rotatable bonds is 8. The molecule has 20 heavy (non-hydrogen) atoms. The zero-order chi connectivity index (χ0) is 14.2. The second-order valence-corrected chi connectivity index (χ2v) is 6.48. The highest BCUT2D eigenvalue weighted by Gasteiger charge is 2.16. The Morgan fingerprint density at radius 3 is 2.60 bits per heavy atom. The number of unbranched alkanes of at least 4 members (excludes halogenated alkanes) is 3. The summed E-state index contributed by atoms with van der Waals surface area (Å²) in [6.07, 6.45) is 9.74. The molecule has 0 saturated heterocycles. The zero-order valence-electron chi connectivity index (χ0n) is 12.2. The third kappa shape index (κ3) is 5.19. The minimum atomic E-state index is 0.607. The Kier molecular flexibility index (Phi) is 6.43. The summed E-state index contributed by atoms with van der Waals surface area (Å²) in [4.78, 5) is 1.34. The van der Waals surface area contributed by atoms with Gasteiger partial charge in [-0.15, -0.1) is 0 Å². The van der Waals surface area contributed by atoms with Crippen molar-refractivity contribution in [3.8, 4) is 0 Å². The van der Waals surface area contributed by atoms with Gasteiger partial charge in [-0.3, -0.25) is 0 Å². The maximum Gasteiger partial charge on any atom is 0.0263 e. The van der Waals surface area contributed by atoms with Crippen LogP contribution in [0.5, 0.6) is 0 Å². The van der Waals surface area contributed by atoms with E-state index in [0.717, 1.165) is 0 Å². The van der Waals surface area contributed by atoms with Crippen molar-refractivity contribution >= 4 is 11.9 Å². The molecule has 1 aromatic carbocycles. The molecule has 2 rings (SSSR count). The highest BCUT2D eigenvalue weighted by atomic mass is 32.2. The summed E-state index contributed by atoms with van der Waals surface area (Å²) >= 11 is 1.60. The molecular formula is C16H25N3S. The van der Waals surface area contributed by atoms with Gasteiger partial charge in [0.05, 0.1) is 0 Å². The van der Waals surface area contributed by atoms with Gasteiger partial charge >= 0.3 is 0 Å². The quantitative estimate of drug-likeness (QED) is 0.431. The van der Waals surface area contributed by atoms with Crippen molar-refractivity contribution in [2.45, 2.75) is 45.4 Å². The first-order chi connectivity index (χ1) is 9.75. The molecule has 1 aliphatic rings. The van der Waals surface area contributed by atoms with Crippen LogP contribution in [0.2, 0.25) is 0 Å². The molecule has 0 bridgehead atoms. The van der Waals surface area contributed by atoms with Crippen LogP contribution in [0.4, 0.5) is 0 Å². The Labute approximate surface area is 126 Å². The van der Waals surface area contributed by atoms with Crippen molar-refractivity contribution in [1.82, 2.24) is 9.95 Å². The number of hydrogen-bond donors (Lipinski definition) is 2. The zero-order valence-corrected chi connectivity index (χ0v) is 13.0. The highest BCUT2D eigenvalue weighted by molar-refractivity contribution is 8.00. The van der Waals surface area contributed by atoms with Gasteiger partial charge in [0, 0.05) is 11.1 Å². The molecule has 3 nitrogen and oxygen atoms in total. The highest BCUT2D eigenvalue weighted by Crippen LogP contribution is 2.31. The number of hydrazine groups is 2. The van der Waals surface area contributed by atoms with Gasteiger partial charge in [0.1, 0.15) is 0 Å². The predicted molar refractivity (Wildman–Crippen MR) is 87.2 cm³/mol. The smallest absolute Gasteiger partial charge is 0.0263 e. The summed E-state index contributed by atoms with van der Waals surface area (Å²) in [5.74, 6) is 6.25. The number of hydrogen-bond acceptors (Lipinski definition) is 4. The number of aryl methyl sites for hydroxylation is 1. The van der Waals surface area contributed by atoms with Crippen LogP contribution < -0.4 is 11.3 Å². The standard InChI is InChI=1S/C16H25N3S/c1-14(16-13-18-19(17)20-16)9-5-2-3-6-10-15-11-7-4-8-12-15/h4,7-8,11-14,18H,2-3,5-6,9-10,17H2,1H3. The van der Waals surface area contributed by atoms with E-state index in [1.165, 1.54) is 49.0 Å². The van der Waals surface area contributed by atoms with E-state index in [-0.39, 0.29) is 0 Å². The molecule has 3 N–H and O–H groups in total. The van der Waals surface area contributed by atoms with Gasteiger partial charge in [0.15, 0.2) is 0 Å². The second-order valence-electron chi connectivity index (χ2n) is 5.43. The average Bonchev–Trinajstić information content (AvgIpc) is 2.90. The van der Waals surface area contributed by atoms with Gasteiger partial charge in [-0.1, -0.05) is 61.0 Å². The molecule has 1 aliphatic heterocycles. The monoisotopic (exact) mass is 291 g/mol. The summed E-state index contributed by atoms with van der Waals surface area (Å²) < 4.78 is 1.56. The van der Waals surface area contributed by atoms with Gasteiger partial charge in [0.2, 0.25) is 0 Å². The first-order valence-electron chi connectivity index (χ1n) is 7.48. The predicted octanol–water partition coefficient (Wildman–Crippen LogP) is 4.00. The van der Waals surface area contributed by atoms with Crippen molar-refractivity contribution in [3.05, 3.63) is 47.0 Å². The lowest BCUT2D eigenvalue weighted by atomic mass is 10.0. The Balaban J connectivity index is 1.51. The van der Waals surface area contributed by atoms with Crippen LogP contribution in [-0.4, -0.2) is 4.52 Å². The normalized spacial score (nSPS) is 16.8. The third-order valence-electron chi connectivity index (χ3n) is 3.72. The summed E-state index contributed by atoms with van der Waals surface area (Å²) in [7, 11) is 0. The molecule has 1 aromatic rings. The summed E-state index contributed by atoms with van der Waals surface area (Å²) in [6, 6.07) is 10.8. The summed E-state index contributed by atoms with van der Waals surface area (Å²) in [5, 5.41) is 0. The minimum Gasteiger partial charge on any atom is -0.302 e. The molecule has 4 heteroatoms. The molecule has 0 aromatic heterocycles. The Morgan fingerprint density at radius 1 is 1.15 bits per heavy atom. The summed E-state index contributed by atoms with van der Waals surface area (Å²) in [6.45, 7) is 2.28. The molecule has 0 spiro atoms. The first-order valence-corrected chi connectivity index (χ1v) is 8.26. The third-order valence-corrected chi connectivity index (χ3v) is 4.75. The lowest BCUT2D eigenvalue weighted by Crippen LogP contribution is -2.30. The van der Waals surface area contributed by atoms with E-state index < -0.39 is 0 Å². The maximum absolute atomic E-state index is 5.65. The van der Waals surface area contributed by atoms with Crippen LogP contribution in [0.25, 0.3) is 0 Å². The largest absolute Gasteiger partial charge is 0.302 e. The van der Waals surface area contributed by atoms with E-state index in [0.29, 0.717) is 5.92 Å². The van der Waals surface area contributed by atoms with Gasteiger partial charge in [0.25, 0.3) is 0 Å². The molecule has 0 aliphatic carbocycles. The van der Waals surface area contributed by atoms with Crippen molar-refractivity contribution in [1.29, 1.82) is 0 Å². The second kappa shape index (κ2) is 8.35. The number of nitrogens with zero attached hydrogens (tertiary/aromatic N) is 1. The average molecular weight is 291 g/mol. The fourth-order valence-electron chi connectivity index (χ4n) is 2.45. The first kappa shape index (κ1) is 15.4. The van der Waals surface area contributed by atoms with Crippen LogP contribution in [0, 0.1) is 5.92 Å². The van der Waals surface area contributed by atoms with Crippen LogP contribution >= 0.6 is 11.9 Å². The van der Waals surface area contributed by atoms with Crippen LogP contribution in [0.15, 0.2) is 41.4 Å². The minimum absolute atomic E-state index is 0.607. The fourth-order valence-corrected chi connectivity index (χ4v) is 3.18. The van der Waals surface area contributed by atoms with E-state index >= 15 is 0 Å². The number of allylic oxidation sites excluding steroid dienone is 1. The molecule has 0 amide bonds. The lowest BCUT2D eigenvalue weighted by molar-refractivity contribution is 0.440. The van der Waals surface area contributed by atoms with E-state index in [2.05, 4.69) is 42.7 Å². The fraction of sp³-hybridized carbons (Fsp3) is 0.500. The topological polar surface area (TPSA) is 41.3 Å². The van der Waals surface area contributed by atoms with Crippen molar-refractivity contribution in [3.63, 3.8) is 0 Å². The van der Waals surface area contributed by atoms with Crippen LogP contribution in [0.1, 0.15) is 44.6 Å². The van der Waals surface area contributed by atoms with E-state index in [1.807, 2.05) is 6.20 Å². The number of benzene rings is 1. The number of nitrogens with one attached hydrogen (secondary N) is 1. The SMILES string of the molecule is CC(CCCCCCc1ccccc1)C1=CNN(N)S1. The molecule has 0 fully saturated rings.